The molecule has 0 saturated carbocycles. The van der Waals surface area contributed by atoms with E-state index in [4.69, 9.17) is 0 Å². The van der Waals surface area contributed by atoms with Crippen molar-refractivity contribution in [2.75, 3.05) is 7.05 Å². The summed E-state index contributed by atoms with van der Waals surface area (Å²) in [4.78, 5) is 6.51. The second-order valence-corrected chi connectivity index (χ2v) is 3.53. The Labute approximate surface area is 81.9 Å². The first kappa shape index (κ1) is 11.1. The van der Waals surface area contributed by atoms with Gasteiger partial charge in [0, 0.05) is 19.4 Å². The SMILES string of the molecule is CNC(C)Cc1ncc(C(C)(F)F)[nH]1. The summed E-state index contributed by atoms with van der Waals surface area (Å²) >= 11 is 0. The first-order chi connectivity index (χ1) is 6.43. The van der Waals surface area contributed by atoms with E-state index in [0.717, 1.165) is 6.92 Å². The predicted octanol–water partition coefficient (Wildman–Crippen LogP) is 1.67. The first-order valence-electron chi connectivity index (χ1n) is 4.53. The van der Waals surface area contributed by atoms with Crippen LogP contribution in [-0.4, -0.2) is 23.1 Å². The molecule has 0 aliphatic carbocycles. The number of imidazole rings is 1. The largest absolute Gasteiger partial charge is 0.341 e. The molecule has 14 heavy (non-hydrogen) atoms. The summed E-state index contributed by atoms with van der Waals surface area (Å²) in [6.07, 6.45) is 1.81. The van der Waals surface area contributed by atoms with E-state index in [9.17, 15) is 8.78 Å². The number of nitrogens with one attached hydrogen (secondary N) is 2. The van der Waals surface area contributed by atoms with Crippen molar-refractivity contribution in [2.45, 2.75) is 32.2 Å². The predicted molar refractivity (Wildman–Crippen MR) is 50.4 cm³/mol. The molecule has 0 aliphatic rings. The Morgan fingerprint density at radius 2 is 2.29 bits per heavy atom. The lowest BCUT2D eigenvalue weighted by Gasteiger charge is -2.08. The van der Waals surface area contributed by atoms with Crippen LogP contribution in [0.15, 0.2) is 6.20 Å². The quantitative estimate of drug-likeness (QED) is 0.781. The van der Waals surface area contributed by atoms with E-state index in [1.54, 1.807) is 0 Å². The van der Waals surface area contributed by atoms with E-state index >= 15 is 0 Å². The molecule has 0 aromatic carbocycles. The smallest absolute Gasteiger partial charge is 0.286 e. The third-order valence-corrected chi connectivity index (χ3v) is 2.09. The van der Waals surface area contributed by atoms with Gasteiger partial charge in [-0.1, -0.05) is 0 Å². The Balaban J connectivity index is 2.69. The molecule has 0 fully saturated rings. The highest BCUT2D eigenvalue weighted by molar-refractivity contribution is 5.07. The van der Waals surface area contributed by atoms with Crippen LogP contribution in [0.4, 0.5) is 8.78 Å². The Morgan fingerprint density at radius 3 is 2.71 bits per heavy atom. The zero-order valence-corrected chi connectivity index (χ0v) is 8.56. The summed E-state index contributed by atoms with van der Waals surface area (Å²) in [5.74, 6) is -2.25. The van der Waals surface area contributed by atoms with Gasteiger partial charge in [0.05, 0.1) is 6.20 Å². The number of aromatic amines is 1. The highest BCUT2D eigenvalue weighted by atomic mass is 19.3. The molecule has 3 nitrogen and oxygen atoms in total. The van der Waals surface area contributed by atoms with Gasteiger partial charge in [-0.25, -0.2) is 4.98 Å². The number of likely N-dealkylation sites (N-methyl/N-ethyl adjacent to an activating group) is 1. The minimum absolute atomic E-state index is 0.129. The Bertz CT molecular complexity index is 290. The van der Waals surface area contributed by atoms with Crippen molar-refractivity contribution >= 4 is 0 Å². The monoisotopic (exact) mass is 203 g/mol. The maximum Gasteiger partial charge on any atom is 0.286 e. The van der Waals surface area contributed by atoms with Gasteiger partial charge in [-0.15, -0.1) is 0 Å². The van der Waals surface area contributed by atoms with Gasteiger partial charge in [0.2, 0.25) is 0 Å². The second kappa shape index (κ2) is 4.04. The molecule has 0 aliphatic heterocycles. The van der Waals surface area contributed by atoms with Crippen LogP contribution in [0.2, 0.25) is 0 Å². The summed E-state index contributed by atoms with van der Waals surface area (Å²) in [5, 5.41) is 3.01. The summed E-state index contributed by atoms with van der Waals surface area (Å²) in [7, 11) is 1.82. The standard InChI is InChI=1S/C9H15F2N3/c1-6(12-3)4-8-13-5-7(14-8)9(2,10)11/h5-6,12H,4H2,1-3H3,(H,13,14). The number of rotatable bonds is 4. The topological polar surface area (TPSA) is 40.7 Å². The number of aromatic nitrogens is 2. The maximum absolute atomic E-state index is 12.8. The minimum atomic E-state index is -2.84. The van der Waals surface area contributed by atoms with Crippen molar-refractivity contribution in [1.29, 1.82) is 0 Å². The lowest BCUT2D eigenvalue weighted by Crippen LogP contribution is -2.24. The second-order valence-electron chi connectivity index (χ2n) is 3.53. The molecule has 1 aromatic heterocycles. The number of hydrogen-bond donors (Lipinski definition) is 2. The fraction of sp³-hybridized carbons (Fsp3) is 0.667. The third-order valence-electron chi connectivity index (χ3n) is 2.09. The average molecular weight is 203 g/mol. The molecule has 1 atom stereocenters. The van der Waals surface area contributed by atoms with Crippen molar-refractivity contribution < 1.29 is 8.78 Å². The lowest BCUT2D eigenvalue weighted by molar-refractivity contribution is 0.0131. The molecular weight excluding hydrogens is 188 g/mol. The van der Waals surface area contributed by atoms with Crippen LogP contribution >= 0.6 is 0 Å². The van der Waals surface area contributed by atoms with E-state index in [0.29, 0.717) is 12.2 Å². The molecule has 80 valence electrons. The lowest BCUT2D eigenvalue weighted by atomic mass is 10.2. The van der Waals surface area contributed by atoms with Crippen LogP contribution in [0, 0.1) is 0 Å². The molecule has 1 heterocycles. The summed E-state index contributed by atoms with van der Waals surface area (Å²) in [6, 6.07) is 0.222. The number of halogens is 2. The van der Waals surface area contributed by atoms with Gasteiger partial charge >= 0.3 is 0 Å². The number of H-pyrrole nitrogens is 1. The zero-order valence-electron chi connectivity index (χ0n) is 8.56. The van der Waals surface area contributed by atoms with Crippen molar-refractivity contribution in [1.82, 2.24) is 15.3 Å². The van der Waals surface area contributed by atoms with Crippen LogP contribution in [0.5, 0.6) is 0 Å². The summed E-state index contributed by atoms with van der Waals surface area (Å²) in [5.41, 5.74) is -0.129. The third kappa shape index (κ3) is 2.77. The highest BCUT2D eigenvalue weighted by Gasteiger charge is 2.26. The molecular formula is C9H15F2N3. The minimum Gasteiger partial charge on any atom is -0.341 e. The van der Waals surface area contributed by atoms with Crippen LogP contribution in [0.25, 0.3) is 0 Å². The molecule has 2 N–H and O–H groups in total. The van der Waals surface area contributed by atoms with Gasteiger partial charge in [-0.05, 0) is 14.0 Å². The van der Waals surface area contributed by atoms with Crippen molar-refractivity contribution in [2.24, 2.45) is 0 Å². The molecule has 1 unspecified atom stereocenters. The van der Waals surface area contributed by atoms with Crippen molar-refractivity contribution in [3.05, 3.63) is 17.7 Å². The first-order valence-corrected chi connectivity index (χ1v) is 4.53. The van der Waals surface area contributed by atoms with E-state index in [-0.39, 0.29) is 11.7 Å². The molecule has 5 heteroatoms. The van der Waals surface area contributed by atoms with Crippen LogP contribution < -0.4 is 5.32 Å². The normalized spacial score (nSPS) is 14.4. The van der Waals surface area contributed by atoms with Gasteiger partial charge in [0.1, 0.15) is 11.5 Å². The zero-order chi connectivity index (χ0) is 10.8. The molecule has 0 spiro atoms. The van der Waals surface area contributed by atoms with Crippen molar-refractivity contribution in [3.63, 3.8) is 0 Å². The molecule has 1 aromatic rings. The molecule has 0 saturated heterocycles. The van der Waals surface area contributed by atoms with Gasteiger partial charge in [-0.2, -0.15) is 8.78 Å². The summed E-state index contributed by atoms with van der Waals surface area (Å²) < 4.78 is 25.6. The number of hydrogen-bond acceptors (Lipinski definition) is 2. The Hall–Kier alpha value is -0.970. The fourth-order valence-corrected chi connectivity index (χ4v) is 1.08. The fourth-order valence-electron chi connectivity index (χ4n) is 1.08. The molecule has 0 amide bonds. The van der Waals surface area contributed by atoms with Gasteiger partial charge in [-0.3, -0.25) is 0 Å². The van der Waals surface area contributed by atoms with Crippen LogP contribution in [-0.2, 0) is 12.3 Å². The van der Waals surface area contributed by atoms with Crippen LogP contribution in [0.3, 0.4) is 0 Å². The molecule has 0 radical (unpaired) electrons. The Morgan fingerprint density at radius 1 is 1.64 bits per heavy atom. The van der Waals surface area contributed by atoms with Gasteiger partial charge in [0.15, 0.2) is 0 Å². The number of alkyl halides is 2. The molecule has 0 bridgehead atoms. The Kier molecular flexibility index (Phi) is 3.21. The highest BCUT2D eigenvalue weighted by Crippen LogP contribution is 2.24. The van der Waals surface area contributed by atoms with Crippen LogP contribution in [0.1, 0.15) is 25.4 Å². The average Bonchev–Trinajstić information content (AvgIpc) is 2.51. The van der Waals surface area contributed by atoms with Gasteiger partial charge < -0.3 is 10.3 Å². The van der Waals surface area contributed by atoms with Gasteiger partial charge in [0.25, 0.3) is 5.92 Å². The van der Waals surface area contributed by atoms with Crippen molar-refractivity contribution in [3.8, 4) is 0 Å². The molecule has 1 rings (SSSR count). The van der Waals surface area contributed by atoms with E-state index < -0.39 is 5.92 Å². The number of nitrogens with zero attached hydrogens (tertiary/aromatic N) is 1. The maximum atomic E-state index is 12.8. The van der Waals surface area contributed by atoms with E-state index in [2.05, 4.69) is 15.3 Å². The van der Waals surface area contributed by atoms with E-state index in [1.165, 1.54) is 6.20 Å². The van der Waals surface area contributed by atoms with E-state index in [1.807, 2.05) is 14.0 Å². The summed E-state index contributed by atoms with van der Waals surface area (Å²) in [6.45, 7) is 2.82.